The number of furan rings is 1. The molecule has 5 nitrogen and oxygen atoms in total. The molecule has 0 aliphatic carbocycles. The minimum Gasteiger partial charge on any atom is -0.464 e. The van der Waals surface area contributed by atoms with Gasteiger partial charge in [-0.3, -0.25) is 4.79 Å². The van der Waals surface area contributed by atoms with Crippen molar-refractivity contribution in [2.45, 2.75) is 32.7 Å². The summed E-state index contributed by atoms with van der Waals surface area (Å²) < 4.78 is 5.84. The summed E-state index contributed by atoms with van der Waals surface area (Å²) >= 11 is 6.36. The van der Waals surface area contributed by atoms with Crippen molar-refractivity contribution in [2.75, 3.05) is 11.4 Å². The first-order valence-corrected chi connectivity index (χ1v) is 8.12. The molecule has 1 amide bonds. The number of nitrogens with two attached hydrogens (primary N) is 1. The van der Waals surface area contributed by atoms with Gasteiger partial charge < -0.3 is 15.1 Å². The smallest absolute Gasteiger partial charge is 0.250 e. The van der Waals surface area contributed by atoms with Gasteiger partial charge in [-0.1, -0.05) is 18.5 Å². The van der Waals surface area contributed by atoms with Gasteiger partial charge >= 0.3 is 0 Å². The molecule has 0 spiro atoms. The minimum absolute atomic E-state index is 0.0943. The van der Waals surface area contributed by atoms with E-state index < -0.39 is 5.91 Å². The van der Waals surface area contributed by atoms with Crippen LogP contribution in [0.1, 0.15) is 47.7 Å². The zero-order valence-electron chi connectivity index (χ0n) is 13.3. The molecule has 23 heavy (non-hydrogen) atoms. The number of nitrogens with zero attached hydrogens (tertiary/aromatic N) is 2. The van der Waals surface area contributed by atoms with E-state index in [1.165, 1.54) is 6.20 Å². The maximum atomic E-state index is 11.3. The molecule has 2 aromatic rings. The first-order valence-electron chi connectivity index (χ1n) is 7.74. The Morgan fingerprint density at radius 3 is 2.87 bits per heavy atom. The summed E-state index contributed by atoms with van der Waals surface area (Å²) in [5.41, 5.74) is 5.60. The number of anilines is 1. The standard InChI is InChI=1S/C17H20ClN3O2/c1-10-5-6-21(14(7-10)15-4-3-11(2)23-15)17-13(18)8-12(9-20-17)16(19)22/h3-4,8-10,14H,5-7H2,1-2H3,(H2,19,22). The van der Waals surface area contributed by atoms with Crippen molar-refractivity contribution in [3.63, 3.8) is 0 Å². The predicted molar refractivity (Wildman–Crippen MR) is 89.7 cm³/mol. The average molecular weight is 334 g/mol. The molecule has 0 saturated carbocycles. The molecule has 0 aromatic carbocycles. The Morgan fingerprint density at radius 2 is 2.26 bits per heavy atom. The third-order valence-electron chi connectivity index (χ3n) is 4.33. The van der Waals surface area contributed by atoms with Crippen LogP contribution in [0.25, 0.3) is 0 Å². The molecular formula is C17H20ClN3O2. The summed E-state index contributed by atoms with van der Waals surface area (Å²) in [4.78, 5) is 17.8. The van der Waals surface area contributed by atoms with Gasteiger partial charge in [0.05, 0.1) is 16.6 Å². The Balaban J connectivity index is 1.97. The summed E-state index contributed by atoms with van der Waals surface area (Å²) in [6.45, 7) is 5.02. The van der Waals surface area contributed by atoms with E-state index in [0.717, 1.165) is 30.9 Å². The lowest BCUT2D eigenvalue weighted by Gasteiger charge is -2.38. The van der Waals surface area contributed by atoms with Gasteiger partial charge in [0.1, 0.15) is 17.3 Å². The topological polar surface area (TPSA) is 72.4 Å². The number of primary amides is 1. The SMILES string of the molecule is Cc1ccc(C2CC(C)CCN2c2ncc(C(N)=O)cc2Cl)o1. The van der Waals surface area contributed by atoms with E-state index in [4.69, 9.17) is 21.8 Å². The van der Waals surface area contributed by atoms with E-state index in [-0.39, 0.29) is 6.04 Å². The molecule has 2 unspecified atom stereocenters. The van der Waals surface area contributed by atoms with Crippen molar-refractivity contribution >= 4 is 23.3 Å². The monoisotopic (exact) mass is 333 g/mol. The van der Waals surface area contributed by atoms with E-state index in [1.807, 2.05) is 19.1 Å². The first-order chi connectivity index (χ1) is 11.0. The summed E-state index contributed by atoms with van der Waals surface area (Å²) in [5, 5.41) is 0.434. The number of piperidine rings is 1. The fourth-order valence-corrected chi connectivity index (χ4v) is 3.35. The van der Waals surface area contributed by atoms with Gasteiger partial charge in [-0.25, -0.2) is 4.98 Å². The number of rotatable bonds is 3. The largest absolute Gasteiger partial charge is 0.464 e. The highest BCUT2D eigenvalue weighted by Crippen LogP contribution is 2.39. The Bertz CT molecular complexity index is 728. The number of carbonyl (C=O) groups excluding carboxylic acids is 1. The van der Waals surface area contributed by atoms with Crippen LogP contribution in [0.15, 0.2) is 28.8 Å². The highest BCUT2D eigenvalue weighted by atomic mass is 35.5. The third-order valence-corrected chi connectivity index (χ3v) is 4.61. The van der Waals surface area contributed by atoms with E-state index in [9.17, 15) is 4.79 Å². The Morgan fingerprint density at radius 1 is 1.48 bits per heavy atom. The number of aromatic nitrogens is 1. The zero-order chi connectivity index (χ0) is 16.6. The molecule has 3 rings (SSSR count). The molecule has 2 N–H and O–H groups in total. The van der Waals surface area contributed by atoms with Crippen LogP contribution in [0.3, 0.4) is 0 Å². The molecule has 6 heteroatoms. The Kier molecular flexibility index (Phi) is 4.31. The number of halogens is 1. The molecule has 3 heterocycles. The summed E-state index contributed by atoms with van der Waals surface area (Å²) in [6, 6.07) is 5.65. The Labute approximate surface area is 140 Å². The second-order valence-electron chi connectivity index (χ2n) is 6.18. The predicted octanol–water partition coefficient (Wildman–Crippen LogP) is 3.71. The molecule has 2 atom stereocenters. The van der Waals surface area contributed by atoms with Crippen LogP contribution in [0.4, 0.5) is 5.82 Å². The van der Waals surface area contributed by atoms with Gasteiger partial charge in [0.2, 0.25) is 5.91 Å². The van der Waals surface area contributed by atoms with Crippen LogP contribution in [-0.2, 0) is 0 Å². The van der Waals surface area contributed by atoms with Crippen molar-refractivity contribution < 1.29 is 9.21 Å². The van der Waals surface area contributed by atoms with Gasteiger partial charge in [0, 0.05) is 12.7 Å². The second-order valence-corrected chi connectivity index (χ2v) is 6.59. The van der Waals surface area contributed by atoms with Crippen LogP contribution in [0.2, 0.25) is 5.02 Å². The molecule has 0 bridgehead atoms. The van der Waals surface area contributed by atoms with Crippen molar-refractivity contribution in [3.8, 4) is 0 Å². The van der Waals surface area contributed by atoms with Gasteiger partial charge in [-0.15, -0.1) is 0 Å². The van der Waals surface area contributed by atoms with Crippen molar-refractivity contribution in [1.82, 2.24) is 4.98 Å². The first kappa shape index (κ1) is 15.9. The van der Waals surface area contributed by atoms with Crippen LogP contribution >= 0.6 is 11.6 Å². The quantitative estimate of drug-likeness (QED) is 0.929. The fraction of sp³-hybridized carbons (Fsp3) is 0.412. The zero-order valence-corrected chi connectivity index (χ0v) is 14.0. The maximum Gasteiger partial charge on any atom is 0.250 e. The summed E-state index contributed by atoms with van der Waals surface area (Å²) in [5.74, 6) is 2.55. The maximum absolute atomic E-state index is 11.3. The molecule has 2 aromatic heterocycles. The van der Waals surface area contributed by atoms with Crippen LogP contribution in [0.5, 0.6) is 0 Å². The molecule has 1 aliphatic heterocycles. The van der Waals surface area contributed by atoms with E-state index in [0.29, 0.717) is 22.3 Å². The molecule has 122 valence electrons. The second kappa shape index (κ2) is 6.24. The Hall–Kier alpha value is -2.01. The molecule has 0 radical (unpaired) electrons. The van der Waals surface area contributed by atoms with Gasteiger partial charge in [-0.2, -0.15) is 0 Å². The number of carbonyl (C=O) groups is 1. The van der Waals surface area contributed by atoms with E-state index in [1.54, 1.807) is 6.07 Å². The van der Waals surface area contributed by atoms with Crippen molar-refractivity contribution in [3.05, 3.63) is 46.5 Å². The lowest BCUT2D eigenvalue weighted by atomic mass is 9.91. The molecular weight excluding hydrogens is 314 g/mol. The van der Waals surface area contributed by atoms with E-state index in [2.05, 4.69) is 16.8 Å². The number of hydrogen-bond acceptors (Lipinski definition) is 4. The number of hydrogen-bond donors (Lipinski definition) is 1. The van der Waals surface area contributed by atoms with Gasteiger partial charge in [0.15, 0.2) is 0 Å². The number of pyridine rings is 1. The molecule has 1 saturated heterocycles. The number of aryl methyl sites for hydroxylation is 1. The van der Waals surface area contributed by atoms with Gasteiger partial charge in [-0.05, 0) is 43.9 Å². The lowest BCUT2D eigenvalue weighted by molar-refractivity contribution is 0.1000. The fourth-order valence-electron chi connectivity index (χ4n) is 3.07. The summed E-state index contributed by atoms with van der Waals surface area (Å²) in [7, 11) is 0. The highest BCUT2D eigenvalue weighted by Gasteiger charge is 2.32. The summed E-state index contributed by atoms with van der Waals surface area (Å²) in [6.07, 6.45) is 3.51. The van der Waals surface area contributed by atoms with E-state index >= 15 is 0 Å². The van der Waals surface area contributed by atoms with Crippen molar-refractivity contribution in [1.29, 1.82) is 0 Å². The third kappa shape index (κ3) is 3.20. The normalized spacial score (nSPS) is 21.4. The van der Waals surface area contributed by atoms with Crippen LogP contribution < -0.4 is 10.6 Å². The van der Waals surface area contributed by atoms with Crippen LogP contribution in [-0.4, -0.2) is 17.4 Å². The minimum atomic E-state index is -0.531. The average Bonchev–Trinajstić information content (AvgIpc) is 2.94. The highest BCUT2D eigenvalue weighted by molar-refractivity contribution is 6.33. The van der Waals surface area contributed by atoms with Crippen LogP contribution in [0, 0.1) is 12.8 Å². The number of amides is 1. The molecule has 1 fully saturated rings. The van der Waals surface area contributed by atoms with Crippen molar-refractivity contribution in [2.24, 2.45) is 11.7 Å². The molecule has 1 aliphatic rings. The van der Waals surface area contributed by atoms with Gasteiger partial charge in [0.25, 0.3) is 0 Å². The lowest BCUT2D eigenvalue weighted by Crippen LogP contribution is -2.37.